The average Bonchev–Trinajstić information content (AvgIpc) is 2.15. The zero-order valence-electron chi connectivity index (χ0n) is 4.05. The highest BCUT2D eigenvalue weighted by Crippen LogP contribution is 2.01. The number of hydrogen-bond donors (Lipinski definition) is 2. The lowest BCUT2D eigenvalue weighted by Crippen LogP contribution is -1.63. The van der Waals surface area contributed by atoms with Crippen LogP contribution in [0.4, 0.5) is 0 Å². The molecular weight excluding hydrogens is 104 g/mol. The maximum absolute atomic E-state index is 3.77. The first-order valence-electron chi connectivity index (χ1n) is 2.29. The summed E-state index contributed by atoms with van der Waals surface area (Å²) in [6, 6.07) is 0. The molecule has 40 valence electrons. The highest BCUT2D eigenvalue weighted by molar-refractivity contribution is 5.71. The van der Waals surface area contributed by atoms with E-state index in [1.54, 1.807) is 12.4 Å². The van der Waals surface area contributed by atoms with Crippen LogP contribution in [-0.4, -0.2) is 20.4 Å². The highest BCUT2D eigenvalue weighted by Gasteiger charge is 1.91. The molecule has 0 amide bonds. The minimum absolute atomic E-state index is 0.949. The van der Waals surface area contributed by atoms with Crippen LogP contribution in [0.15, 0.2) is 12.4 Å². The summed E-state index contributed by atoms with van der Waals surface area (Å²) >= 11 is 0. The van der Waals surface area contributed by atoms with E-state index in [0.29, 0.717) is 0 Å². The van der Waals surface area contributed by atoms with E-state index >= 15 is 0 Å². The number of nitrogens with one attached hydrogen (secondary N) is 2. The molecule has 0 atom stereocenters. The summed E-state index contributed by atoms with van der Waals surface area (Å²) in [6.07, 6.45) is 3.39. The molecule has 2 heterocycles. The van der Waals surface area contributed by atoms with Crippen molar-refractivity contribution in [1.29, 1.82) is 0 Å². The zero-order chi connectivity index (χ0) is 5.40. The summed E-state index contributed by atoms with van der Waals surface area (Å²) in [5.41, 5.74) is 1.90. The smallest absolute Gasteiger partial charge is 0.103 e. The van der Waals surface area contributed by atoms with Gasteiger partial charge in [0.15, 0.2) is 0 Å². The predicted octanol–water partition coefficient (Wildman–Crippen LogP) is 0.286. The summed E-state index contributed by atoms with van der Waals surface area (Å²) in [5.74, 6) is 0. The standard InChI is InChI=1S/C4H4N4/c1-3-4(8-5-1)2-6-7-3/h1-2H,(H,5,8)(H,6,7). The molecule has 0 saturated carbocycles. The van der Waals surface area contributed by atoms with Gasteiger partial charge in [-0.25, -0.2) is 0 Å². The Kier molecular flexibility index (Phi) is 0.498. The van der Waals surface area contributed by atoms with E-state index in [0.717, 1.165) is 11.0 Å². The van der Waals surface area contributed by atoms with Crippen molar-refractivity contribution >= 4 is 11.0 Å². The van der Waals surface area contributed by atoms with E-state index in [-0.39, 0.29) is 0 Å². The second kappa shape index (κ2) is 1.09. The van der Waals surface area contributed by atoms with Crippen LogP contribution in [0.1, 0.15) is 0 Å². The Bertz CT molecular complexity index is 229. The van der Waals surface area contributed by atoms with Gasteiger partial charge in [-0.3, -0.25) is 10.2 Å². The lowest BCUT2D eigenvalue weighted by atomic mass is 10.5. The van der Waals surface area contributed by atoms with Crippen LogP contribution in [0, 0.1) is 0 Å². The summed E-state index contributed by atoms with van der Waals surface area (Å²) in [7, 11) is 0. The molecule has 0 fully saturated rings. The van der Waals surface area contributed by atoms with Crippen LogP contribution in [0.25, 0.3) is 11.0 Å². The molecule has 8 heavy (non-hydrogen) atoms. The van der Waals surface area contributed by atoms with Gasteiger partial charge in [-0.2, -0.15) is 10.2 Å². The van der Waals surface area contributed by atoms with Gasteiger partial charge in [-0.1, -0.05) is 0 Å². The van der Waals surface area contributed by atoms with Gasteiger partial charge < -0.3 is 0 Å². The quantitative estimate of drug-likeness (QED) is 0.509. The summed E-state index contributed by atoms with van der Waals surface area (Å²) < 4.78 is 0. The monoisotopic (exact) mass is 108 g/mol. The Morgan fingerprint density at radius 1 is 1.00 bits per heavy atom. The molecule has 0 aliphatic rings. The normalized spacial score (nSPS) is 10.5. The number of H-pyrrole nitrogens is 2. The number of nitrogens with zero attached hydrogens (tertiary/aromatic N) is 2. The molecular formula is C4H4N4. The number of aromatic amines is 2. The molecule has 2 rings (SSSR count). The molecule has 0 spiro atoms. The molecule has 0 aromatic carbocycles. The second-order valence-corrected chi connectivity index (χ2v) is 1.57. The van der Waals surface area contributed by atoms with Crippen molar-refractivity contribution in [1.82, 2.24) is 20.4 Å². The molecule has 4 nitrogen and oxygen atoms in total. The fourth-order valence-corrected chi connectivity index (χ4v) is 0.650. The van der Waals surface area contributed by atoms with Crippen molar-refractivity contribution in [2.45, 2.75) is 0 Å². The van der Waals surface area contributed by atoms with Crippen molar-refractivity contribution in [2.24, 2.45) is 0 Å². The van der Waals surface area contributed by atoms with E-state index in [1.165, 1.54) is 0 Å². The van der Waals surface area contributed by atoms with Crippen molar-refractivity contribution in [3.63, 3.8) is 0 Å². The first kappa shape index (κ1) is 3.65. The largest absolute Gasteiger partial charge is 0.275 e. The maximum atomic E-state index is 3.77. The van der Waals surface area contributed by atoms with Gasteiger partial charge in [0.2, 0.25) is 0 Å². The fourth-order valence-electron chi connectivity index (χ4n) is 0.650. The summed E-state index contributed by atoms with van der Waals surface area (Å²) in [4.78, 5) is 0. The van der Waals surface area contributed by atoms with Gasteiger partial charge in [0.05, 0.1) is 12.4 Å². The summed E-state index contributed by atoms with van der Waals surface area (Å²) in [5, 5.41) is 13.0. The molecule has 0 unspecified atom stereocenters. The fraction of sp³-hybridized carbons (Fsp3) is 0. The molecule has 0 aliphatic carbocycles. The van der Waals surface area contributed by atoms with Gasteiger partial charge >= 0.3 is 0 Å². The van der Waals surface area contributed by atoms with Crippen LogP contribution < -0.4 is 0 Å². The van der Waals surface area contributed by atoms with Crippen molar-refractivity contribution in [3.05, 3.63) is 12.4 Å². The molecule has 2 N–H and O–H groups in total. The molecule has 0 saturated heterocycles. The van der Waals surface area contributed by atoms with Crippen LogP contribution in [0.2, 0.25) is 0 Å². The SMILES string of the molecule is c1n[nH]c2cn[nH]c12. The van der Waals surface area contributed by atoms with E-state index in [4.69, 9.17) is 0 Å². The zero-order valence-corrected chi connectivity index (χ0v) is 4.05. The van der Waals surface area contributed by atoms with E-state index in [2.05, 4.69) is 20.4 Å². The van der Waals surface area contributed by atoms with Gasteiger partial charge in [-0.15, -0.1) is 0 Å². The highest BCUT2D eigenvalue weighted by atomic mass is 15.2. The van der Waals surface area contributed by atoms with Crippen molar-refractivity contribution < 1.29 is 0 Å². The Morgan fingerprint density at radius 2 is 1.50 bits per heavy atom. The minimum atomic E-state index is 0.949. The Hall–Kier alpha value is -1.32. The van der Waals surface area contributed by atoms with E-state index < -0.39 is 0 Å². The number of fused-ring (bicyclic) bond motifs is 1. The van der Waals surface area contributed by atoms with Gasteiger partial charge in [0.1, 0.15) is 11.0 Å². The van der Waals surface area contributed by atoms with Crippen LogP contribution in [0.5, 0.6) is 0 Å². The van der Waals surface area contributed by atoms with Gasteiger partial charge in [0, 0.05) is 0 Å². The number of rotatable bonds is 0. The molecule has 0 aliphatic heterocycles. The first-order chi connectivity index (χ1) is 3.97. The molecule has 4 heteroatoms. The Labute approximate surface area is 44.9 Å². The third kappa shape index (κ3) is 0.294. The molecule has 0 radical (unpaired) electrons. The topological polar surface area (TPSA) is 57.4 Å². The lowest BCUT2D eigenvalue weighted by molar-refractivity contribution is 1.07. The number of hydrogen-bond acceptors (Lipinski definition) is 2. The minimum Gasteiger partial charge on any atom is -0.275 e. The number of aromatic nitrogens is 4. The predicted molar refractivity (Wildman–Crippen MR) is 28.2 cm³/mol. The third-order valence-electron chi connectivity index (χ3n) is 1.05. The molecule has 2 aromatic heterocycles. The Morgan fingerprint density at radius 3 is 2.00 bits per heavy atom. The van der Waals surface area contributed by atoms with E-state index in [9.17, 15) is 0 Å². The van der Waals surface area contributed by atoms with Crippen LogP contribution >= 0.6 is 0 Å². The first-order valence-corrected chi connectivity index (χ1v) is 2.29. The summed E-state index contributed by atoms with van der Waals surface area (Å²) in [6.45, 7) is 0. The third-order valence-corrected chi connectivity index (χ3v) is 1.05. The molecule has 2 aromatic rings. The van der Waals surface area contributed by atoms with Crippen molar-refractivity contribution in [3.8, 4) is 0 Å². The van der Waals surface area contributed by atoms with Crippen LogP contribution in [0.3, 0.4) is 0 Å². The van der Waals surface area contributed by atoms with Gasteiger partial charge in [-0.05, 0) is 0 Å². The average molecular weight is 108 g/mol. The molecule has 0 bridgehead atoms. The van der Waals surface area contributed by atoms with Crippen molar-refractivity contribution in [2.75, 3.05) is 0 Å². The maximum Gasteiger partial charge on any atom is 0.103 e. The van der Waals surface area contributed by atoms with E-state index in [1.807, 2.05) is 0 Å². The lowest BCUT2D eigenvalue weighted by Gasteiger charge is -1.62. The van der Waals surface area contributed by atoms with Crippen LogP contribution in [-0.2, 0) is 0 Å². The van der Waals surface area contributed by atoms with Gasteiger partial charge in [0.25, 0.3) is 0 Å². The Balaban J connectivity index is 3.06. The second-order valence-electron chi connectivity index (χ2n) is 1.57.